The van der Waals surface area contributed by atoms with E-state index in [4.69, 9.17) is 0 Å². The number of amides is 1. The van der Waals surface area contributed by atoms with Crippen molar-refractivity contribution in [2.45, 2.75) is 24.2 Å². The first-order chi connectivity index (χ1) is 10.6. The summed E-state index contributed by atoms with van der Waals surface area (Å²) in [6, 6.07) is 3.26. The standard InChI is InChI=1S/C14H20N4O3S/c19-14-11-17(9-6-15-14)13-5-4-12(10-16-13)22(20,21)18-7-2-1-3-8-18/h4-5,10H,1-3,6-9,11H2,(H,15,19). The van der Waals surface area contributed by atoms with E-state index in [9.17, 15) is 13.2 Å². The molecule has 0 unspecified atom stereocenters. The molecule has 3 rings (SSSR count). The zero-order valence-corrected chi connectivity index (χ0v) is 13.2. The van der Waals surface area contributed by atoms with Crippen LogP contribution in [0.25, 0.3) is 0 Å². The lowest BCUT2D eigenvalue weighted by Crippen LogP contribution is -2.48. The van der Waals surface area contributed by atoms with Crippen LogP contribution in [0.1, 0.15) is 19.3 Å². The summed E-state index contributed by atoms with van der Waals surface area (Å²) >= 11 is 0. The minimum atomic E-state index is -3.45. The molecule has 2 fully saturated rings. The molecule has 1 aromatic heterocycles. The van der Waals surface area contributed by atoms with Gasteiger partial charge in [0.2, 0.25) is 15.9 Å². The van der Waals surface area contributed by atoms with Crippen molar-refractivity contribution in [1.82, 2.24) is 14.6 Å². The number of sulfonamides is 1. The maximum Gasteiger partial charge on any atom is 0.244 e. The average molecular weight is 324 g/mol. The summed E-state index contributed by atoms with van der Waals surface area (Å²) in [6.45, 7) is 2.67. The fourth-order valence-electron chi connectivity index (χ4n) is 2.80. The largest absolute Gasteiger partial charge is 0.353 e. The maximum absolute atomic E-state index is 12.5. The number of rotatable bonds is 3. The van der Waals surface area contributed by atoms with Crippen molar-refractivity contribution in [2.24, 2.45) is 0 Å². The number of hydrogen-bond acceptors (Lipinski definition) is 5. The summed E-state index contributed by atoms with van der Waals surface area (Å²) in [4.78, 5) is 17.7. The van der Waals surface area contributed by atoms with Crippen LogP contribution in [0.5, 0.6) is 0 Å². The smallest absolute Gasteiger partial charge is 0.244 e. The molecule has 0 bridgehead atoms. The second-order valence-corrected chi connectivity index (χ2v) is 7.53. The third-order valence-corrected chi connectivity index (χ3v) is 5.92. The molecular formula is C14H20N4O3S. The van der Waals surface area contributed by atoms with Gasteiger partial charge in [0.05, 0.1) is 6.54 Å². The molecule has 7 nitrogen and oxygen atoms in total. The number of nitrogens with zero attached hydrogens (tertiary/aromatic N) is 3. The van der Waals surface area contributed by atoms with Gasteiger partial charge in [0.15, 0.2) is 0 Å². The van der Waals surface area contributed by atoms with Gasteiger partial charge in [-0.05, 0) is 25.0 Å². The summed E-state index contributed by atoms with van der Waals surface area (Å²) in [7, 11) is -3.45. The molecule has 0 radical (unpaired) electrons. The van der Waals surface area contributed by atoms with Crippen LogP contribution >= 0.6 is 0 Å². The Hall–Kier alpha value is -1.67. The van der Waals surface area contributed by atoms with Crippen LogP contribution in [-0.2, 0) is 14.8 Å². The van der Waals surface area contributed by atoms with Gasteiger partial charge >= 0.3 is 0 Å². The molecule has 1 aromatic rings. The molecule has 1 amide bonds. The Morgan fingerprint density at radius 3 is 2.50 bits per heavy atom. The van der Waals surface area contributed by atoms with Crippen LogP contribution < -0.4 is 10.2 Å². The Morgan fingerprint density at radius 1 is 1.09 bits per heavy atom. The second-order valence-electron chi connectivity index (χ2n) is 5.59. The number of aromatic nitrogens is 1. The third-order valence-electron chi connectivity index (χ3n) is 4.04. The Labute approximate surface area is 130 Å². The van der Waals surface area contributed by atoms with Crippen LogP contribution in [0.2, 0.25) is 0 Å². The highest BCUT2D eigenvalue weighted by Gasteiger charge is 2.26. The second kappa shape index (κ2) is 6.21. The predicted molar refractivity (Wildman–Crippen MR) is 82.1 cm³/mol. The van der Waals surface area contributed by atoms with E-state index in [0.717, 1.165) is 19.3 Å². The summed E-state index contributed by atoms with van der Waals surface area (Å²) in [5.74, 6) is 0.588. The Balaban J connectivity index is 1.77. The van der Waals surface area contributed by atoms with Crippen molar-refractivity contribution in [2.75, 3.05) is 37.6 Å². The van der Waals surface area contributed by atoms with Gasteiger partial charge in [-0.2, -0.15) is 4.31 Å². The molecule has 8 heteroatoms. The summed E-state index contributed by atoms with van der Waals surface area (Å²) in [6.07, 6.45) is 4.30. The highest BCUT2D eigenvalue weighted by Crippen LogP contribution is 2.21. The molecule has 0 atom stereocenters. The molecule has 2 saturated heterocycles. The Morgan fingerprint density at radius 2 is 1.86 bits per heavy atom. The number of carbonyl (C=O) groups is 1. The lowest BCUT2D eigenvalue weighted by atomic mass is 10.2. The van der Waals surface area contributed by atoms with Crippen molar-refractivity contribution in [3.8, 4) is 0 Å². The SMILES string of the molecule is O=C1CN(c2ccc(S(=O)(=O)N3CCCCC3)cn2)CCN1. The lowest BCUT2D eigenvalue weighted by Gasteiger charge is -2.28. The highest BCUT2D eigenvalue weighted by molar-refractivity contribution is 7.89. The van der Waals surface area contributed by atoms with Crippen molar-refractivity contribution < 1.29 is 13.2 Å². The number of pyridine rings is 1. The van der Waals surface area contributed by atoms with E-state index >= 15 is 0 Å². The molecule has 0 aromatic carbocycles. The van der Waals surface area contributed by atoms with Crippen molar-refractivity contribution in [1.29, 1.82) is 0 Å². The minimum absolute atomic E-state index is 0.0435. The maximum atomic E-state index is 12.5. The first kappa shape index (κ1) is 15.2. The fraction of sp³-hybridized carbons (Fsp3) is 0.571. The third kappa shape index (κ3) is 3.07. The van der Waals surface area contributed by atoms with Crippen molar-refractivity contribution in [3.05, 3.63) is 18.3 Å². The molecule has 0 saturated carbocycles. The minimum Gasteiger partial charge on any atom is -0.353 e. The quantitative estimate of drug-likeness (QED) is 0.858. The van der Waals surface area contributed by atoms with Gasteiger partial charge in [0.1, 0.15) is 10.7 Å². The van der Waals surface area contributed by atoms with E-state index in [1.807, 2.05) is 4.90 Å². The number of piperazine rings is 1. The van der Waals surface area contributed by atoms with Crippen LogP contribution in [0.3, 0.4) is 0 Å². The molecule has 2 aliphatic rings. The van der Waals surface area contributed by atoms with Crippen molar-refractivity contribution in [3.63, 3.8) is 0 Å². The Kier molecular flexibility index (Phi) is 4.30. The van der Waals surface area contributed by atoms with Crippen LogP contribution in [0.4, 0.5) is 5.82 Å². The first-order valence-electron chi connectivity index (χ1n) is 7.55. The molecule has 0 spiro atoms. The van der Waals surface area contributed by atoms with Crippen LogP contribution in [0.15, 0.2) is 23.2 Å². The molecule has 0 aliphatic carbocycles. The van der Waals surface area contributed by atoms with Crippen LogP contribution in [0, 0.1) is 0 Å². The van der Waals surface area contributed by atoms with Gasteiger partial charge in [-0.3, -0.25) is 4.79 Å². The highest BCUT2D eigenvalue weighted by atomic mass is 32.2. The van der Waals surface area contributed by atoms with Gasteiger partial charge in [0, 0.05) is 32.4 Å². The van der Waals surface area contributed by atoms with Gasteiger partial charge in [-0.1, -0.05) is 6.42 Å². The monoisotopic (exact) mass is 324 g/mol. The van der Waals surface area contributed by atoms with E-state index in [1.54, 1.807) is 12.1 Å². The van der Waals surface area contributed by atoms with Gasteiger partial charge in [-0.25, -0.2) is 13.4 Å². The molecule has 2 aliphatic heterocycles. The number of anilines is 1. The summed E-state index contributed by atoms with van der Waals surface area (Å²) in [5.41, 5.74) is 0. The Bertz CT molecular complexity index is 639. The van der Waals surface area contributed by atoms with Crippen LogP contribution in [-0.4, -0.2) is 56.3 Å². The number of carbonyl (C=O) groups excluding carboxylic acids is 1. The molecular weight excluding hydrogens is 304 g/mol. The zero-order valence-electron chi connectivity index (χ0n) is 12.4. The van der Waals surface area contributed by atoms with E-state index in [1.165, 1.54) is 10.5 Å². The van der Waals surface area contributed by atoms with E-state index < -0.39 is 10.0 Å². The van der Waals surface area contributed by atoms with Crippen molar-refractivity contribution >= 4 is 21.7 Å². The van der Waals surface area contributed by atoms with Gasteiger partial charge < -0.3 is 10.2 Å². The molecule has 3 heterocycles. The number of piperidine rings is 1. The lowest BCUT2D eigenvalue weighted by molar-refractivity contribution is -0.120. The average Bonchev–Trinajstić information content (AvgIpc) is 2.56. The molecule has 22 heavy (non-hydrogen) atoms. The van der Waals surface area contributed by atoms with E-state index in [0.29, 0.717) is 32.0 Å². The van der Waals surface area contributed by atoms with E-state index in [2.05, 4.69) is 10.3 Å². The zero-order chi connectivity index (χ0) is 15.6. The summed E-state index contributed by atoms with van der Waals surface area (Å²) in [5, 5.41) is 2.75. The summed E-state index contributed by atoms with van der Waals surface area (Å²) < 4.78 is 26.6. The fourth-order valence-corrected chi connectivity index (χ4v) is 4.26. The van der Waals surface area contributed by atoms with Gasteiger partial charge in [0.25, 0.3) is 0 Å². The number of nitrogens with one attached hydrogen (secondary N) is 1. The predicted octanol–water partition coefficient (Wildman–Crippen LogP) is 0.192. The number of hydrogen-bond donors (Lipinski definition) is 1. The normalized spacial score (nSPS) is 20.7. The topological polar surface area (TPSA) is 82.6 Å². The molecule has 1 N–H and O–H groups in total. The first-order valence-corrected chi connectivity index (χ1v) is 8.99. The van der Waals surface area contributed by atoms with Gasteiger partial charge in [-0.15, -0.1) is 0 Å². The molecule has 120 valence electrons. The van der Waals surface area contributed by atoms with E-state index in [-0.39, 0.29) is 17.3 Å².